The Bertz CT molecular complexity index is 2220. The number of nitrogens with one attached hydrogen (secondary N) is 1. The van der Waals surface area contributed by atoms with Crippen LogP contribution in [0.15, 0.2) is 97.3 Å². The van der Waals surface area contributed by atoms with Crippen molar-refractivity contribution in [3.8, 4) is 0 Å². The molecule has 0 saturated carbocycles. The number of alkyl halides is 1. The van der Waals surface area contributed by atoms with Crippen LogP contribution in [-0.2, 0) is 40.4 Å². The summed E-state index contributed by atoms with van der Waals surface area (Å²) in [6.45, 7) is 13.4. The van der Waals surface area contributed by atoms with E-state index in [2.05, 4.69) is 36.0 Å². The van der Waals surface area contributed by atoms with Gasteiger partial charge in [0.25, 0.3) is 0 Å². The van der Waals surface area contributed by atoms with Gasteiger partial charge >= 0.3 is 24.1 Å². The number of anilines is 2. The van der Waals surface area contributed by atoms with E-state index in [0.717, 1.165) is 17.1 Å². The Labute approximate surface area is 401 Å². The van der Waals surface area contributed by atoms with E-state index in [0.29, 0.717) is 74.0 Å². The predicted molar refractivity (Wildman–Crippen MR) is 258 cm³/mol. The number of hydrogen-bond acceptors (Lipinski definition) is 12. The molecule has 0 radical (unpaired) electrons. The lowest BCUT2D eigenvalue weighted by Gasteiger charge is -2.35. The normalized spacial score (nSPS) is 14.2. The van der Waals surface area contributed by atoms with Crippen molar-refractivity contribution in [2.75, 3.05) is 50.6 Å². The van der Waals surface area contributed by atoms with Crippen molar-refractivity contribution in [3.63, 3.8) is 0 Å². The van der Waals surface area contributed by atoms with Crippen molar-refractivity contribution in [1.29, 1.82) is 0 Å². The molecule has 2 saturated heterocycles. The predicted octanol–water partition coefficient (Wildman–Crippen LogP) is 9.08. The van der Waals surface area contributed by atoms with Crippen molar-refractivity contribution >= 4 is 63.2 Å². The number of rotatable bonds is 9. The zero-order valence-electron chi connectivity index (χ0n) is 39.7. The Balaban J connectivity index is 0.000000246. The molecule has 2 aromatic carbocycles. The van der Waals surface area contributed by atoms with Gasteiger partial charge in [0.15, 0.2) is 0 Å². The molecule has 360 valence electrons. The molecular formula is C50H63BrN6O10. The summed E-state index contributed by atoms with van der Waals surface area (Å²) in [6.07, 6.45) is 4.77. The fraction of sp³-hybridized carbons (Fsp3) is 0.440. The van der Waals surface area contributed by atoms with Crippen LogP contribution in [0.5, 0.6) is 0 Å². The summed E-state index contributed by atoms with van der Waals surface area (Å²) in [5, 5.41) is 3.61. The molecule has 17 heteroatoms. The summed E-state index contributed by atoms with van der Waals surface area (Å²) < 4.78 is 20.0. The molecule has 0 bridgehead atoms. The molecule has 2 aromatic heterocycles. The van der Waals surface area contributed by atoms with Crippen molar-refractivity contribution < 1.29 is 47.7 Å². The van der Waals surface area contributed by atoms with Gasteiger partial charge in [0.2, 0.25) is 11.8 Å². The van der Waals surface area contributed by atoms with E-state index < -0.39 is 17.2 Å². The van der Waals surface area contributed by atoms with E-state index in [1.54, 1.807) is 39.0 Å². The lowest BCUT2D eigenvalue weighted by atomic mass is 9.95. The van der Waals surface area contributed by atoms with E-state index in [4.69, 9.17) is 14.2 Å². The summed E-state index contributed by atoms with van der Waals surface area (Å²) in [6, 6.07) is 25.7. The number of hydrogen-bond donors (Lipinski definition) is 1. The van der Waals surface area contributed by atoms with Gasteiger partial charge in [-0.3, -0.25) is 19.6 Å². The zero-order chi connectivity index (χ0) is 49.1. The number of benzene rings is 2. The molecule has 16 nitrogen and oxygen atoms in total. The number of amides is 4. The van der Waals surface area contributed by atoms with Crippen molar-refractivity contribution in [2.45, 2.75) is 90.3 Å². The third-order valence-electron chi connectivity index (χ3n) is 10.3. The van der Waals surface area contributed by atoms with Crippen LogP contribution in [0.25, 0.3) is 0 Å². The van der Waals surface area contributed by atoms with Crippen LogP contribution in [-0.4, -0.2) is 107 Å². The fourth-order valence-corrected chi connectivity index (χ4v) is 7.17. The molecule has 1 N–H and O–H groups in total. The van der Waals surface area contributed by atoms with Crippen LogP contribution >= 0.6 is 15.9 Å². The first-order chi connectivity index (χ1) is 31.8. The lowest BCUT2D eigenvalue weighted by Crippen LogP contribution is -2.45. The Morgan fingerprint density at radius 3 is 1.46 bits per heavy atom. The highest BCUT2D eigenvalue weighted by atomic mass is 79.9. The first kappa shape index (κ1) is 53.3. The van der Waals surface area contributed by atoms with Gasteiger partial charge in [-0.1, -0.05) is 52.3 Å². The average molecular weight is 988 g/mol. The van der Waals surface area contributed by atoms with Gasteiger partial charge in [0, 0.05) is 67.1 Å². The number of nitrogens with zero attached hydrogens (tertiary/aromatic N) is 5. The highest BCUT2D eigenvalue weighted by molar-refractivity contribution is 9.08. The van der Waals surface area contributed by atoms with Crippen molar-refractivity contribution in [1.82, 2.24) is 19.8 Å². The van der Waals surface area contributed by atoms with E-state index >= 15 is 0 Å². The quantitative estimate of drug-likeness (QED) is 0.0954. The molecule has 0 spiro atoms. The summed E-state index contributed by atoms with van der Waals surface area (Å²) >= 11 is 3.26. The van der Waals surface area contributed by atoms with Crippen LogP contribution in [0.2, 0.25) is 0 Å². The van der Waals surface area contributed by atoms with Crippen LogP contribution in [0.4, 0.5) is 21.0 Å². The minimum Gasteiger partial charge on any atom is -0.465 e. The molecule has 2 aliphatic heterocycles. The summed E-state index contributed by atoms with van der Waals surface area (Å²) in [4.78, 5) is 86.1. The Morgan fingerprint density at radius 1 is 0.627 bits per heavy atom. The second kappa shape index (κ2) is 25.5. The standard InChI is InChI=1S/C25H31N3O5.C17H24N2O3.C8H8BrNO2/c1-25(2,3)33-24(31)27-14-12-18(13-15-27)22(29)28(21-8-6-5-7-9-21)17-20-11-10-19(16-26-20)23(30)32-4;1-17(2,3)22-16(21)19-11-9-13(10-12-19)15(20)18-14-7-5-4-6-8-14;1-12-8(11)6-2-3-7(4-9)10-5-6/h5-11,16,18H,12-15,17H2,1-4H3;4-8,13H,9-12H2,1-3H3,(H,18,20);2-3,5H,4H2,1H3. The second-order valence-corrected chi connectivity index (χ2v) is 18.4. The van der Waals surface area contributed by atoms with Crippen LogP contribution < -0.4 is 10.2 Å². The van der Waals surface area contributed by atoms with Gasteiger partial charge in [0.05, 0.1) is 43.3 Å². The maximum Gasteiger partial charge on any atom is 0.410 e. The maximum atomic E-state index is 13.5. The zero-order valence-corrected chi connectivity index (χ0v) is 41.2. The summed E-state index contributed by atoms with van der Waals surface area (Å²) in [5.41, 5.74) is 2.92. The molecule has 0 aliphatic carbocycles. The molecule has 6 rings (SSSR count). The molecule has 4 aromatic rings. The first-order valence-electron chi connectivity index (χ1n) is 22.1. The number of para-hydroxylation sites is 2. The smallest absolute Gasteiger partial charge is 0.410 e. The van der Waals surface area contributed by atoms with Gasteiger partial charge < -0.3 is 39.0 Å². The second-order valence-electron chi connectivity index (χ2n) is 17.8. The van der Waals surface area contributed by atoms with Gasteiger partial charge in [-0.2, -0.15) is 0 Å². The molecule has 0 unspecified atom stereocenters. The van der Waals surface area contributed by atoms with E-state index in [1.165, 1.54) is 26.6 Å². The van der Waals surface area contributed by atoms with Gasteiger partial charge in [-0.25, -0.2) is 19.2 Å². The average Bonchev–Trinajstić information content (AvgIpc) is 3.32. The van der Waals surface area contributed by atoms with Crippen molar-refractivity contribution in [3.05, 3.63) is 120 Å². The fourth-order valence-electron chi connectivity index (χ4n) is 6.84. The number of carbonyl (C=O) groups is 6. The topological polar surface area (TPSA) is 187 Å². The summed E-state index contributed by atoms with van der Waals surface area (Å²) in [7, 11) is 2.67. The van der Waals surface area contributed by atoms with Crippen LogP contribution in [0.1, 0.15) is 99.3 Å². The SMILES string of the molecule is CC(C)(C)OC(=O)N1CCC(C(=O)Nc2ccccc2)CC1.COC(=O)c1ccc(CBr)nc1.COC(=O)c1ccc(CN(C(=O)C2CCN(C(=O)OC(C)(C)C)CC2)c2ccccc2)nc1. The van der Waals surface area contributed by atoms with Gasteiger partial charge in [0.1, 0.15) is 11.2 Å². The van der Waals surface area contributed by atoms with Crippen LogP contribution in [0, 0.1) is 11.8 Å². The lowest BCUT2D eigenvalue weighted by molar-refractivity contribution is -0.124. The number of likely N-dealkylation sites (tertiary alicyclic amines) is 2. The highest BCUT2D eigenvalue weighted by Crippen LogP contribution is 2.27. The van der Waals surface area contributed by atoms with Crippen molar-refractivity contribution in [2.24, 2.45) is 11.8 Å². The monoisotopic (exact) mass is 986 g/mol. The molecule has 67 heavy (non-hydrogen) atoms. The minimum absolute atomic E-state index is 0.0103. The molecular weight excluding hydrogens is 924 g/mol. The largest absolute Gasteiger partial charge is 0.465 e. The number of aromatic nitrogens is 2. The summed E-state index contributed by atoms with van der Waals surface area (Å²) in [5.74, 6) is -1.07. The van der Waals surface area contributed by atoms with E-state index in [-0.39, 0.29) is 48.4 Å². The number of pyridine rings is 2. The first-order valence-corrected chi connectivity index (χ1v) is 23.2. The molecule has 2 fully saturated rings. The van der Waals surface area contributed by atoms with E-state index in [9.17, 15) is 28.8 Å². The third kappa shape index (κ3) is 17.8. The number of ether oxygens (including phenoxy) is 4. The van der Waals surface area contributed by atoms with Gasteiger partial charge in [-0.05, 0) is 116 Å². The molecule has 0 atom stereocenters. The molecule has 4 heterocycles. The number of carbonyl (C=O) groups excluding carboxylic acids is 6. The number of esters is 2. The van der Waals surface area contributed by atoms with Crippen LogP contribution in [0.3, 0.4) is 0 Å². The number of methoxy groups -OCH3 is 2. The van der Waals surface area contributed by atoms with Gasteiger partial charge in [-0.15, -0.1) is 0 Å². The maximum absolute atomic E-state index is 13.5. The Kier molecular flexibility index (Phi) is 20.3. The van der Waals surface area contributed by atoms with E-state index in [1.807, 2.05) is 102 Å². The minimum atomic E-state index is -0.551. The Hall–Kier alpha value is -6.36. The number of piperidine rings is 2. The molecule has 2 aliphatic rings. The Morgan fingerprint density at radius 2 is 1.06 bits per heavy atom. The number of halogens is 1. The highest BCUT2D eigenvalue weighted by Gasteiger charge is 2.33. The molecule has 4 amide bonds. The third-order valence-corrected chi connectivity index (χ3v) is 10.9.